The Kier molecular flexibility index (Phi) is 6.79. The molecular weight excluding hydrogens is 505 g/mol. The molecule has 5 aromatic rings. The van der Waals surface area contributed by atoms with Crippen LogP contribution in [-0.4, -0.2) is 40.0 Å². The number of carbonyl (C=O) groups is 1. The molecule has 1 atom stereocenters. The first-order valence-electron chi connectivity index (χ1n) is 13.1. The van der Waals surface area contributed by atoms with Gasteiger partial charge in [0, 0.05) is 53.2 Å². The monoisotopic (exact) mass is 533 g/mol. The molecular formula is C31H28FN7O. The highest BCUT2D eigenvalue weighted by atomic mass is 19.1. The van der Waals surface area contributed by atoms with Crippen molar-refractivity contribution in [2.75, 3.05) is 29.0 Å². The second-order valence-electron chi connectivity index (χ2n) is 9.91. The fourth-order valence-electron chi connectivity index (χ4n) is 5.08. The molecule has 1 saturated heterocycles. The molecule has 0 bridgehead atoms. The minimum atomic E-state index is -0.501. The fraction of sp³-hybridized carbons (Fsp3) is 0.161. The van der Waals surface area contributed by atoms with E-state index in [-0.39, 0.29) is 17.5 Å². The van der Waals surface area contributed by atoms with Gasteiger partial charge in [-0.1, -0.05) is 18.2 Å². The zero-order valence-corrected chi connectivity index (χ0v) is 21.7. The molecule has 0 aliphatic carbocycles. The van der Waals surface area contributed by atoms with Crippen molar-refractivity contribution < 1.29 is 9.18 Å². The van der Waals surface area contributed by atoms with E-state index in [9.17, 15) is 4.79 Å². The maximum Gasteiger partial charge on any atom is 0.255 e. The zero-order chi connectivity index (χ0) is 27.6. The largest absolute Gasteiger partial charge is 0.397 e. The number of nitrogens with two attached hydrogens (primary N) is 2. The number of carbonyl (C=O) groups excluding carboxylic acids is 1. The van der Waals surface area contributed by atoms with Crippen LogP contribution in [0.1, 0.15) is 23.2 Å². The molecule has 0 radical (unpaired) electrons. The third kappa shape index (κ3) is 5.06. The first kappa shape index (κ1) is 25.4. The predicted octanol–water partition coefficient (Wildman–Crippen LogP) is 5.26. The van der Waals surface area contributed by atoms with Crippen LogP contribution in [0.15, 0.2) is 85.2 Å². The Balaban J connectivity index is 1.37. The minimum Gasteiger partial charge on any atom is -0.397 e. The van der Waals surface area contributed by atoms with Gasteiger partial charge in [0.2, 0.25) is 0 Å². The van der Waals surface area contributed by atoms with Crippen molar-refractivity contribution in [2.45, 2.75) is 18.9 Å². The van der Waals surface area contributed by atoms with Crippen LogP contribution in [0.5, 0.6) is 0 Å². The summed E-state index contributed by atoms with van der Waals surface area (Å²) < 4.78 is 15.0. The lowest BCUT2D eigenvalue weighted by molar-refractivity contribution is 0.102. The van der Waals surface area contributed by atoms with E-state index in [0.29, 0.717) is 34.0 Å². The molecule has 4 heterocycles. The number of hydrogen-bond acceptors (Lipinski definition) is 7. The molecule has 8 nitrogen and oxygen atoms in total. The number of amides is 1. The fourth-order valence-corrected chi connectivity index (χ4v) is 5.08. The van der Waals surface area contributed by atoms with Crippen LogP contribution in [0.2, 0.25) is 0 Å². The van der Waals surface area contributed by atoms with Crippen LogP contribution < -0.4 is 21.7 Å². The van der Waals surface area contributed by atoms with Crippen molar-refractivity contribution in [1.82, 2.24) is 15.0 Å². The van der Waals surface area contributed by atoms with Crippen molar-refractivity contribution in [3.63, 3.8) is 0 Å². The van der Waals surface area contributed by atoms with Gasteiger partial charge in [-0.3, -0.25) is 14.8 Å². The Bertz CT molecular complexity index is 1710. The van der Waals surface area contributed by atoms with Gasteiger partial charge in [-0.05, 0) is 67.4 Å². The van der Waals surface area contributed by atoms with Crippen molar-refractivity contribution >= 4 is 33.9 Å². The molecule has 0 saturated carbocycles. The van der Waals surface area contributed by atoms with E-state index in [1.54, 1.807) is 36.7 Å². The smallest absolute Gasteiger partial charge is 0.255 e. The topological polar surface area (TPSA) is 123 Å². The van der Waals surface area contributed by atoms with E-state index < -0.39 is 5.82 Å². The summed E-state index contributed by atoms with van der Waals surface area (Å²) in [5, 5.41) is 3.74. The Hall–Kier alpha value is -4.89. The third-order valence-electron chi connectivity index (χ3n) is 7.11. The van der Waals surface area contributed by atoms with Crippen LogP contribution in [-0.2, 0) is 0 Å². The minimum absolute atomic E-state index is 0.118. The number of piperidine rings is 1. The van der Waals surface area contributed by atoms with Gasteiger partial charge in [-0.25, -0.2) is 9.37 Å². The van der Waals surface area contributed by atoms with Crippen molar-refractivity contribution in [1.29, 1.82) is 0 Å². The number of benzene rings is 2. The second-order valence-corrected chi connectivity index (χ2v) is 9.91. The van der Waals surface area contributed by atoms with E-state index in [1.165, 1.54) is 18.2 Å². The Morgan fingerprint density at radius 3 is 2.67 bits per heavy atom. The highest BCUT2D eigenvalue weighted by molar-refractivity contribution is 6.05. The molecule has 1 amide bonds. The number of nitrogens with zero attached hydrogens (tertiary/aromatic N) is 4. The van der Waals surface area contributed by atoms with Crippen LogP contribution in [0.3, 0.4) is 0 Å². The number of pyridine rings is 3. The lowest BCUT2D eigenvalue weighted by Gasteiger charge is -2.33. The summed E-state index contributed by atoms with van der Waals surface area (Å²) in [5.41, 5.74) is 17.2. The summed E-state index contributed by atoms with van der Waals surface area (Å²) in [4.78, 5) is 28.9. The van der Waals surface area contributed by atoms with Gasteiger partial charge in [0.15, 0.2) is 0 Å². The molecule has 9 heteroatoms. The molecule has 3 aromatic heterocycles. The lowest BCUT2D eigenvalue weighted by Crippen LogP contribution is -2.42. The molecule has 40 heavy (non-hydrogen) atoms. The van der Waals surface area contributed by atoms with Gasteiger partial charge in [0.1, 0.15) is 11.5 Å². The molecule has 2 aromatic carbocycles. The number of halogens is 1. The second kappa shape index (κ2) is 10.7. The van der Waals surface area contributed by atoms with E-state index >= 15 is 4.39 Å². The summed E-state index contributed by atoms with van der Waals surface area (Å²) in [6, 6.07) is 20.6. The molecule has 1 aliphatic heterocycles. The average Bonchev–Trinajstić information content (AvgIpc) is 2.97. The quantitative estimate of drug-likeness (QED) is 0.282. The highest BCUT2D eigenvalue weighted by Gasteiger charge is 2.20. The number of nitrogens with one attached hydrogen (secondary N) is 1. The van der Waals surface area contributed by atoms with Crippen LogP contribution in [0, 0.1) is 5.82 Å². The van der Waals surface area contributed by atoms with Crippen molar-refractivity contribution in [2.24, 2.45) is 5.73 Å². The standard InChI is InChI=1S/C31H28FN7O/c32-24-9-8-19(31(40)37-21-6-2-1-3-7-21)15-22(24)26-11-10-25(34)30(38-26)27-16-23-28(17-36-27)35-13-12-29(23)39-14-4-5-20(33)18-39/h1-3,6-13,15-17,20H,4-5,14,18,33-34H2,(H,37,40). The maximum atomic E-state index is 15.0. The third-order valence-corrected chi connectivity index (χ3v) is 7.11. The Morgan fingerprint density at radius 1 is 1.00 bits per heavy atom. The molecule has 6 rings (SSSR count). The first-order chi connectivity index (χ1) is 19.5. The molecule has 1 fully saturated rings. The molecule has 200 valence electrons. The van der Waals surface area contributed by atoms with E-state index in [4.69, 9.17) is 16.5 Å². The molecule has 1 unspecified atom stereocenters. The summed E-state index contributed by atoms with van der Waals surface area (Å²) in [5.74, 6) is -0.851. The summed E-state index contributed by atoms with van der Waals surface area (Å²) in [6.45, 7) is 1.67. The van der Waals surface area contributed by atoms with Gasteiger partial charge in [0.05, 0.1) is 28.8 Å². The molecule has 1 aliphatic rings. The SMILES string of the molecule is Nc1ccc(-c2cc(C(=O)Nc3ccccc3)ccc2F)nc1-c1cc2c(N3CCCC(N)C3)ccnc2cn1. The molecule has 5 N–H and O–H groups in total. The zero-order valence-electron chi connectivity index (χ0n) is 21.7. The number of aromatic nitrogens is 3. The maximum absolute atomic E-state index is 15.0. The summed E-state index contributed by atoms with van der Waals surface area (Å²) in [6.07, 6.45) is 5.50. The van der Waals surface area contributed by atoms with Crippen LogP contribution >= 0.6 is 0 Å². The summed E-state index contributed by atoms with van der Waals surface area (Å²) >= 11 is 0. The Morgan fingerprint density at radius 2 is 1.85 bits per heavy atom. The van der Waals surface area contributed by atoms with E-state index in [2.05, 4.69) is 20.2 Å². The van der Waals surface area contributed by atoms with Gasteiger partial charge in [-0.15, -0.1) is 0 Å². The van der Waals surface area contributed by atoms with Gasteiger partial charge in [-0.2, -0.15) is 0 Å². The summed E-state index contributed by atoms with van der Waals surface area (Å²) in [7, 11) is 0. The number of anilines is 3. The predicted molar refractivity (Wildman–Crippen MR) is 156 cm³/mol. The van der Waals surface area contributed by atoms with Gasteiger partial charge < -0.3 is 21.7 Å². The van der Waals surface area contributed by atoms with Crippen LogP contribution in [0.4, 0.5) is 21.5 Å². The van der Waals surface area contributed by atoms with Crippen molar-refractivity contribution in [3.8, 4) is 22.6 Å². The number of hydrogen-bond donors (Lipinski definition) is 3. The molecule has 0 spiro atoms. The van der Waals surface area contributed by atoms with Crippen molar-refractivity contribution in [3.05, 3.63) is 96.6 Å². The number of fused-ring (bicyclic) bond motifs is 1. The van der Waals surface area contributed by atoms with E-state index in [0.717, 1.165) is 42.5 Å². The van der Waals surface area contributed by atoms with E-state index in [1.807, 2.05) is 30.3 Å². The van der Waals surface area contributed by atoms with Gasteiger partial charge in [0.25, 0.3) is 5.91 Å². The average molecular weight is 534 g/mol. The number of rotatable bonds is 5. The highest BCUT2D eigenvalue weighted by Crippen LogP contribution is 2.33. The number of nitrogen functional groups attached to an aromatic ring is 1. The normalized spacial score (nSPS) is 15.2. The Labute approximate surface area is 230 Å². The lowest BCUT2D eigenvalue weighted by atomic mass is 10.0. The van der Waals surface area contributed by atoms with Gasteiger partial charge >= 0.3 is 0 Å². The first-order valence-corrected chi connectivity index (χ1v) is 13.1. The van der Waals surface area contributed by atoms with Crippen LogP contribution in [0.25, 0.3) is 33.5 Å². The number of para-hydroxylation sites is 1.